The number of amides is 2. The molecule has 3 rings (SSSR count). The first kappa shape index (κ1) is 17.1. The Hall–Kier alpha value is -1.78. The monoisotopic (exact) mass is 330 g/mol. The van der Waals surface area contributed by atoms with Crippen LogP contribution in [0.15, 0.2) is 17.7 Å². The SMILES string of the molecule is Cc1cc(C2CCCN(C(=O)NCC(C)(C)C3=CCCC3)C2)n[nH]1. The van der Waals surface area contributed by atoms with Crippen LogP contribution in [0.3, 0.4) is 0 Å². The summed E-state index contributed by atoms with van der Waals surface area (Å²) >= 11 is 0. The number of carbonyl (C=O) groups excluding carboxylic acids is 1. The van der Waals surface area contributed by atoms with Crippen molar-refractivity contribution in [3.8, 4) is 0 Å². The first-order valence-electron chi connectivity index (χ1n) is 9.20. The van der Waals surface area contributed by atoms with E-state index in [1.165, 1.54) is 24.8 Å². The zero-order chi connectivity index (χ0) is 17.2. The predicted molar refractivity (Wildman–Crippen MR) is 96.0 cm³/mol. The Kier molecular flexibility index (Phi) is 4.97. The Morgan fingerprint density at radius 1 is 1.46 bits per heavy atom. The summed E-state index contributed by atoms with van der Waals surface area (Å²) in [5.41, 5.74) is 3.71. The highest BCUT2D eigenvalue weighted by Crippen LogP contribution is 2.34. The van der Waals surface area contributed by atoms with E-state index in [0.717, 1.165) is 37.3 Å². The third-order valence-corrected chi connectivity index (χ3v) is 5.44. The molecular formula is C19H30N4O. The molecule has 1 aliphatic carbocycles. The molecule has 2 heterocycles. The highest BCUT2D eigenvalue weighted by Gasteiger charge is 2.29. The zero-order valence-corrected chi connectivity index (χ0v) is 15.2. The van der Waals surface area contributed by atoms with Crippen molar-refractivity contribution in [2.24, 2.45) is 5.41 Å². The number of allylic oxidation sites excluding steroid dienone is 1. The molecule has 2 amide bonds. The van der Waals surface area contributed by atoms with Crippen molar-refractivity contribution in [1.29, 1.82) is 0 Å². The minimum absolute atomic E-state index is 0.0562. The first-order valence-corrected chi connectivity index (χ1v) is 9.20. The van der Waals surface area contributed by atoms with Crippen LogP contribution in [0.25, 0.3) is 0 Å². The molecule has 1 aromatic heterocycles. The third-order valence-electron chi connectivity index (χ3n) is 5.44. The van der Waals surface area contributed by atoms with Crippen molar-refractivity contribution in [3.63, 3.8) is 0 Å². The maximum atomic E-state index is 12.6. The summed E-state index contributed by atoms with van der Waals surface area (Å²) in [6, 6.07) is 2.17. The van der Waals surface area contributed by atoms with Crippen LogP contribution in [0.1, 0.15) is 63.3 Å². The van der Waals surface area contributed by atoms with Gasteiger partial charge in [-0.25, -0.2) is 4.79 Å². The van der Waals surface area contributed by atoms with Crippen molar-refractivity contribution in [2.45, 2.75) is 58.8 Å². The number of rotatable bonds is 4. The molecule has 0 spiro atoms. The van der Waals surface area contributed by atoms with Gasteiger partial charge in [-0.2, -0.15) is 5.10 Å². The summed E-state index contributed by atoms with van der Waals surface area (Å²) in [7, 11) is 0. The molecule has 2 N–H and O–H groups in total. The van der Waals surface area contributed by atoms with Gasteiger partial charge in [0.15, 0.2) is 0 Å². The van der Waals surface area contributed by atoms with Crippen LogP contribution in [0.2, 0.25) is 0 Å². The lowest BCUT2D eigenvalue weighted by molar-refractivity contribution is 0.175. The van der Waals surface area contributed by atoms with Gasteiger partial charge in [0, 0.05) is 36.7 Å². The number of nitrogens with one attached hydrogen (secondary N) is 2. The lowest BCUT2D eigenvalue weighted by Gasteiger charge is -2.34. The number of H-pyrrole nitrogens is 1. The second-order valence-corrected chi connectivity index (χ2v) is 7.93. The summed E-state index contributed by atoms with van der Waals surface area (Å²) in [6.07, 6.45) is 8.11. The van der Waals surface area contributed by atoms with Crippen LogP contribution in [0.5, 0.6) is 0 Å². The van der Waals surface area contributed by atoms with E-state index in [9.17, 15) is 4.79 Å². The maximum Gasteiger partial charge on any atom is 0.317 e. The van der Waals surface area contributed by atoms with E-state index in [4.69, 9.17) is 0 Å². The number of aromatic amines is 1. The van der Waals surface area contributed by atoms with Crippen molar-refractivity contribution in [2.75, 3.05) is 19.6 Å². The van der Waals surface area contributed by atoms with Gasteiger partial charge in [-0.05, 0) is 45.1 Å². The number of likely N-dealkylation sites (tertiary alicyclic amines) is 1. The number of hydrogen-bond donors (Lipinski definition) is 2. The van der Waals surface area contributed by atoms with E-state index in [-0.39, 0.29) is 11.4 Å². The van der Waals surface area contributed by atoms with Gasteiger partial charge in [0.2, 0.25) is 0 Å². The topological polar surface area (TPSA) is 61.0 Å². The van der Waals surface area contributed by atoms with Crippen molar-refractivity contribution in [1.82, 2.24) is 20.4 Å². The van der Waals surface area contributed by atoms with Gasteiger partial charge in [0.1, 0.15) is 0 Å². The number of nitrogens with zero attached hydrogens (tertiary/aromatic N) is 2. The Labute approximate surface area is 144 Å². The van der Waals surface area contributed by atoms with E-state index >= 15 is 0 Å². The van der Waals surface area contributed by atoms with Crippen LogP contribution in [-0.2, 0) is 0 Å². The van der Waals surface area contributed by atoms with E-state index in [1.54, 1.807) is 0 Å². The second kappa shape index (κ2) is 6.99. The van der Waals surface area contributed by atoms with Gasteiger partial charge < -0.3 is 10.2 Å². The molecular weight excluding hydrogens is 300 g/mol. The van der Waals surface area contributed by atoms with E-state index in [2.05, 4.69) is 41.5 Å². The normalized spacial score (nSPS) is 21.7. The summed E-state index contributed by atoms with van der Waals surface area (Å²) in [6.45, 7) is 8.80. The number of hydrogen-bond acceptors (Lipinski definition) is 2. The molecule has 1 aromatic rings. The second-order valence-electron chi connectivity index (χ2n) is 7.93. The van der Waals surface area contributed by atoms with Crippen LogP contribution in [-0.4, -0.2) is 40.8 Å². The van der Waals surface area contributed by atoms with Gasteiger partial charge in [-0.1, -0.05) is 25.5 Å². The fourth-order valence-electron chi connectivity index (χ4n) is 3.86. The Morgan fingerprint density at radius 2 is 2.29 bits per heavy atom. The maximum absolute atomic E-state index is 12.6. The minimum Gasteiger partial charge on any atom is -0.337 e. The van der Waals surface area contributed by atoms with Gasteiger partial charge in [0.25, 0.3) is 0 Å². The van der Waals surface area contributed by atoms with Crippen LogP contribution < -0.4 is 5.32 Å². The fraction of sp³-hybridized carbons (Fsp3) is 0.684. The first-order chi connectivity index (χ1) is 11.5. The van der Waals surface area contributed by atoms with E-state index < -0.39 is 0 Å². The number of urea groups is 1. The molecule has 1 atom stereocenters. The fourth-order valence-corrected chi connectivity index (χ4v) is 3.86. The molecule has 0 bridgehead atoms. The number of piperidine rings is 1. The third kappa shape index (κ3) is 3.82. The average molecular weight is 330 g/mol. The molecule has 5 nitrogen and oxygen atoms in total. The quantitative estimate of drug-likeness (QED) is 0.826. The number of aryl methyl sites for hydroxylation is 1. The van der Waals surface area contributed by atoms with Gasteiger partial charge in [0.05, 0.1) is 5.69 Å². The van der Waals surface area contributed by atoms with Crippen molar-refractivity contribution < 1.29 is 4.79 Å². The van der Waals surface area contributed by atoms with E-state index in [1.807, 2.05) is 11.8 Å². The Bertz CT molecular complexity index is 617. The van der Waals surface area contributed by atoms with E-state index in [0.29, 0.717) is 12.5 Å². The van der Waals surface area contributed by atoms with Crippen LogP contribution in [0.4, 0.5) is 4.79 Å². The highest BCUT2D eigenvalue weighted by atomic mass is 16.2. The summed E-state index contributed by atoms with van der Waals surface area (Å²) in [5.74, 6) is 0.347. The predicted octanol–water partition coefficient (Wildman–Crippen LogP) is 3.74. The van der Waals surface area contributed by atoms with Crippen molar-refractivity contribution >= 4 is 6.03 Å². The lowest BCUT2D eigenvalue weighted by atomic mass is 9.83. The molecule has 0 saturated carbocycles. The van der Waals surface area contributed by atoms with Gasteiger partial charge in [-0.15, -0.1) is 0 Å². The van der Waals surface area contributed by atoms with Crippen molar-refractivity contribution in [3.05, 3.63) is 29.1 Å². The zero-order valence-electron chi connectivity index (χ0n) is 15.2. The average Bonchev–Trinajstić information content (AvgIpc) is 3.24. The molecule has 1 saturated heterocycles. The molecule has 1 unspecified atom stereocenters. The molecule has 2 aliphatic rings. The minimum atomic E-state index is 0.0562. The Morgan fingerprint density at radius 3 is 2.96 bits per heavy atom. The number of carbonyl (C=O) groups is 1. The lowest BCUT2D eigenvalue weighted by Crippen LogP contribution is -2.47. The summed E-state index contributed by atoms with van der Waals surface area (Å²) in [5, 5.41) is 10.6. The van der Waals surface area contributed by atoms with Crippen LogP contribution in [0, 0.1) is 12.3 Å². The highest BCUT2D eigenvalue weighted by molar-refractivity contribution is 5.74. The Balaban J connectivity index is 1.54. The smallest absolute Gasteiger partial charge is 0.317 e. The largest absolute Gasteiger partial charge is 0.337 e. The molecule has 1 fully saturated rings. The molecule has 1 aliphatic heterocycles. The summed E-state index contributed by atoms with van der Waals surface area (Å²) in [4.78, 5) is 14.6. The molecule has 132 valence electrons. The number of aromatic nitrogens is 2. The van der Waals surface area contributed by atoms with Gasteiger partial charge in [-0.3, -0.25) is 5.10 Å². The van der Waals surface area contributed by atoms with Crippen LogP contribution >= 0.6 is 0 Å². The molecule has 0 aromatic carbocycles. The summed E-state index contributed by atoms with van der Waals surface area (Å²) < 4.78 is 0. The van der Waals surface area contributed by atoms with Gasteiger partial charge >= 0.3 is 6.03 Å². The molecule has 0 radical (unpaired) electrons. The molecule has 24 heavy (non-hydrogen) atoms. The standard InChI is InChI=1S/C19H30N4O/c1-14-11-17(22-21-14)15-7-6-10-23(12-15)18(24)20-13-19(2,3)16-8-4-5-9-16/h8,11,15H,4-7,9-10,12-13H2,1-3H3,(H,20,24)(H,21,22). The molecule has 5 heteroatoms.